The number of pyridine rings is 2. The number of halogens is 2. The molecule has 0 spiro atoms. The molecule has 16 heteroatoms. The third-order valence-corrected chi connectivity index (χ3v) is 8.42. The fourth-order valence-electron chi connectivity index (χ4n) is 5.41. The Hall–Kier alpha value is -4.63. The Balaban J connectivity index is 1.53. The molecule has 0 bridgehead atoms. The van der Waals surface area contributed by atoms with Gasteiger partial charge in [0, 0.05) is 57.5 Å². The van der Waals surface area contributed by atoms with Crippen molar-refractivity contribution in [1.82, 2.24) is 29.1 Å². The maximum Gasteiger partial charge on any atom is 0.285 e. The fraction of sp³-hybridized carbons (Fsp3) is 0.333. The molecule has 0 saturated carbocycles. The molecule has 0 unspecified atom stereocenters. The van der Waals surface area contributed by atoms with Crippen LogP contribution in [0, 0.1) is 12.7 Å². The Bertz CT molecular complexity index is 2050. The molecule has 2 amide bonds. The lowest BCUT2D eigenvalue weighted by Gasteiger charge is -2.35. The number of carbonyl (C=O) groups excluding carboxylic acids is 2. The number of nitrogens with zero attached hydrogens (tertiary/aromatic N) is 6. The van der Waals surface area contributed by atoms with Crippen LogP contribution in [0.4, 0.5) is 15.9 Å². The van der Waals surface area contributed by atoms with Gasteiger partial charge in [0.1, 0.15) is 11.0 Å². The molecule has 1 aliphatic heterocycles. The lowest BCUT2D eigenvalue weighted by atomic mass is 10.0. The van der Waals surface area contributed by atoms with E-state index >= 15 is 4.39 Å². The number of aromatic nitrogens is 4. The first-order chi connectivity index (χ1) is 21.6. The molecule has 242 valence electrons. The summed E-state index contributed by atoms with van der Waals surface area (Å²) < 4.78 is 42.1. The second kappa shape index (κ2) is 12.6. The van der Waals surface area contributed by atoms with Crippen LogP contribution in [0.3, 0.4) is 0 Å². The van der Waals surface area contributed by atoms with E-state index in [1.54, 1.807) is 29.8 Å². The van der Waals surface area contributed by atoms with E-state index in [0.717, 1.165) is 11.8 Å². The number of rotatable bonds is 7. The minimum atomic E-state index is -3.88. The molecule has 4 aromatic rings. The summed E-state index contributed by atoms with van der Waals surface area (Å²) in [6.45, 7) is 6.90. The van der Waals surface area contributed by atoms with Gasteiger partial charge in [-0.2, -0.15) is 0 Å². The van der Waals surface area contributed by atoms with Gasteiger partial charge in [-0.3, -0.25) is 19.0 Å². The molecule has 1 saturated heterocycles. The summed E-state index contributed by atoms with van der Waals surface area (Å²) in [7, 11) is -2.33. The summed E-state index contributed by atoms with van der Waals surface area (Å²) >= 11 is 6.01. The van der Waals surface area contributed by atoms with E-state index < -0.39 is 27.8 Å². The number of benzene rings is 1. The van der Waals surface area contributed by atoms with Crippen molar-refractivity contribution < 1.29 is 22.4 Å². The number of sulfonamides is 1. The molecule has 1 aliphatic rings. The van der Waals surface area contributed by atoms with Gasteiger partial charge in [-0.15, -0.1) is 0 Å². The Kier molecular flexibility index (Phi) is 9.00. The third-order valence-electron chi connectivity index (χ3n) is 7.65. The van der Waals surface area contributed by atoms with Gasteiger partial charge < -0.3 is 15.1 Å². The largest absolute Gasteiger partial charge is 0.377 e. The number of nitrogens with one attached hydrogen (secondary N) is 2. The molecule has 1 aromatic carbocycles. The summed E-state index contributed by atoms with van der Waals surface area (Å²) in [4.78, 5) is 54.7. The average Bonchev–Trinajstić information content (AvgIpc) is 2.98. The monoisotopic (exact) mass is 670 g/mol. The summed E-state index contributed by atoms with van der Waals surface area (Å²) in [5.41, 5.74) is 1.60. The molecule has 0 aliphatic carbocycles. The van der Waals surface area contributed by atoms with Crippen LogP contribution in [0.2, 0.25) is 5.15 Å². The summed E-state index contributed by atoms with van der Waals surface area (Å²) in [6.07, 6.45) is 2.31. The van der Waals surface area contributed by atoms with Crippen molar-refractivity contribution in [2.24, 2.45) is 7.05 Å². The molecule has 0 radical (unpaired) electrons. The van der Waals surface area contributed by atoms with Gasteiger partial charge >= 0.3 is 0 Å². The minimum absolute atomic E-state index is 0.0159. The molecule has 46 heavy (non-hydrogen) atoms. The van der Waals surface area contributed by atoms with Crippen molar-refractivity contribution in [2.45, 2.75) is 26.8 Å². The smallest absolute Gasteiger partial charge is 0.285 e. The van der Waals surface area contributed by atoms with Crippen LogP contribution in [-0.4, -0.2) is 77.1 Å². The molecule has 1 atom stereocenters. The SMILES string of the molecule is CC(=O)N1CCN(c2ncc(-c3nc4c([C@@H](C)Nc5ccc(Cl)nc5C(=O)NS(C)(=O)=O)cc(C)cc4c(=O)n3C)cc2F)CC1. The Morgan fingerprint density at radius 1 is 1.09 bits per heavy atom. The Morgan fingerprint density at radius 3 is 2.41 bits per heavy atom. The van der Waals surface area contributed by atoms with Crippen molar-refractivity contribution in [3.05, 3.63) is 74.7 Å². The molecule has 2 N–H and O–H groups in total. The molecule has 1 fully saturated rings. The summed E-state index contributed by atoms with van der Waals surface area (Å²) in [6, 6.07) is 7.20. The van der Waals surface area contributed by atoms with E-state index in [2.05, 4.69) is 15.3 Å². The molecule has 5 rings (SSSR count). The quantitative estimate of drug-likeness (QED) is 0.280. The number of aryl methyl sites for hydroxylation is 1. The Morgan fingerprint density at radius 2 is 1.78 bits per heavy atom. The number of fused-ring (bicyclic) bond motifs is 1. The highest BCUT2D eigenvalue weighted by Crippen LogP contribution is 2.30. The van der Waals surface area contributed by atoms with Gasteiger partial charge in [-0.25, -0.2) is 32.5 Å². The van der Waals surface area contributed by atoms with Crippen LogP contribution in [-0.2, 0) is 21.9 Å². The van der Waals surface area contributed by atoms with E-state index in [-0.39, 0.29) is 39.6 Å². The zero-order valence-corrected chi connectivity index (χ0v) is 27.3. The number of carbonyl (C=O) groups is 2. The van der Waals surface area contributed by atoms with E-state index in [4.69, 9.17) is 16.6 Å². The van der Waals surface area contributed by atoms with E-state index in [9.17, 15) is 22.8 Å². The molecule has 13 nitrogen and oxygen atoms in total. The van der Waals surface area contributed by atoms with Crippen molar-refractivity contribution in [3.8, 4) is 11.4 Å². The highest BCUT2D eigenvalue weighted by atomic mass is 35.5. The van der Waals surface area contributed by atoms with Gasteiger partial charge in [0.2, 0.25) is 15.9 Å². The second-order valence-corrected chi connectivity index (χ2v) is 13.3. The van der Waals surface area contributed by atoms with Crippen molar-refractivity contribution in [2.75, 3.05) is 42.7 Å². The zero-order chi connectivity index (χ0) is 33.5. The summed E-state index contributed by atoms with van der Waals surface area (Å²) in [5.74, 6) is -1.25. The van der Waals surface area contributed by atoms with E-state index in [1.807, 2.05) is 17.7 Å². The lowest BCUT2D eigenvalue weighted by Crippen LogP contribution is -2.48. The predicted octanol–water partition coefficient (Wildman–Crippen LogP) is 3.02. The second-order valence-electron chi connectivity index (χ2n) is 11.2. The normalized spacial score (nSPS) is 14.3. The number of hydrogen-bond acceptors (Lipinski definition) is 10. The van der Waals surface area contributed by atoms with Crippen LogP contribution in [0.25, 0.3) is 22.3 Å². The van der Waals surface area contributed by atoms with Crippen LogP contribution < -0.4 is 20.5 Å². The standard InChI is InChI=1S/C30H32ClFN8O5S/c1-16-12-20(17(2)34-23-6-7-24(31)35-26(23)29(42)37-46(5,44)45)25-21(13-16)30(43)38(4)27(36-25)19-14-22(32)28(33-15-19)40-10-8-39(9-11-40)18(3)41/h6-7,12-15,17,34H,8-11H2,1-5H3,(H,37,42)/t17-/m1/s1. The fourth-order valence-corrected chi connectivity index (χ4v) is 5.99. The number of hydrogen-bond donors (Lipinski definition) is 2. The topological polar surface area (TPSA) is 159 Å². The highest BCUT2D eigenvalue weighted by Gasteiger charge is 2.24. The van der Waals surface area contributed by atoms with Crippen molar-refractivity contribution in [3.63, 3.8) is 0 Å². The van der Waals surface area contributed by atoms with Gasteiger partial charge in [0.15, 0.2) is 17.3 Å². The molecule has 3 aromatic heterocycles. The maximum atomic E-state index is 15.5. The Labute approximate surface area is 269 Å². The van der Waals surface area contributed by atoms with Gasteiger partial charge in [-0.1, -0.05) is 17.7 Å². The molecule has 4 heterocycles. The number of piperazine rings is 1. The van der Waals surface area contributed by atoms with E-state index in [0.29, 0.717) is 48.2 Å². The van der Waals surface area contributed by atoms with E-state index in [1.165, 1.54) is 35.9 Å². The summed E-state index contributed by atoms with van der Waals surface area (Å²) in [5, 5.41) is 3.48. The maximum absolute atomic E-state index is 15.5. The zero-order valence-electron chi connectivity index (χ0n) is 25.8. The van der Waals surface area contributed by atoms with Gasteiger partial charge in [0.25, 0.3) is 11.5 Å². The lowest BCUT2D eigenvalue weighted by molar-refractivity contribution is -0.129. The van der Waals surface area contributed by atoms with Crippen LogP contribution >= 0.6 is 11.6 Å². The molecular formula is C30H32ClFN8O5S. The van der Waals surface area contributed by atoms with Gasteiger partial charge in [-0.05, 0) is 43.7 Å². The first kappa shape index (κ1) is 32.8. The number of anilines is 2. The van der Waals surface area contributed by atoms with Crippen LogP contribution in [0.5, 0.6) is 0 Å². The third kappa shape index (κ3) is 6.79. The van der Waals surface area contributed by atoms with Crippen LogP contribution in [0.15, 0.2) is 41.3 Å². The predicted molar refractivity (Wildman–Crippen MR) is 173 cm³/mol. The van der Waals surface area contributed by atoms with Crippen molar-refractivity contribution >= 4 is 55.8 Å². The highest BCUT2D eigenvalue weighted by molar-refractivity contribution is 7.89. The molecular weight excluding hydrogens is 639 g/mol. The first-order valence-electron chi connectivity index (χ1n) is 14.3. The number of amides is 2. The van der Waals surface area contributed by atoms with Crippen LogP contribution in [0.1, 0.15) is 41.5 Å². The minimum Gasteiger partial charge on any atom is -0.377 e. The van der Waals surface area contributed by atoms with Gasteiger partial charge in [0.05, 0.1) is 28.9 Å². The first-order valence-corrected chi connectivity index (χ1v) is 16.5. The van der Waals surface area contributed by atoms with Crippen molar-refractivity contribution in [1.29, 1.82) is 0 Å². The average molecular weight is 671 g/mol.